The summed E-state index contributed by atoms with van der Waals surface area (Å²) in [4.78, 5) is 11.6. The average molecular weight is 238 g/mol. The largest absolute Gasteiger partial charge is 0.273 e. The number of nitrogens with zero attached hydrogens (tertiary/aromatic N) is 2. The van der Waals surface area contributed by atoms with E-state index in [0.29, 0.717) is 0 Å². The predicted octanol–water partition coefficient (Wildman–Crippen LogP) is 3.07. The van der Waals surface area contributed by atoms with Crippen LogP contribution >= 0.6 is 0 Å². The van der Waals surface area contributed by atoms with E-state index in [-0.39, 0.29) is 5.91 Å². The molecule has 18 heavy (non-hydrogen) atoms. The molecule has 0 atom stereocenters. The lowest BCUT2D eigenvalue weighted by molar-refractivity contribution is -0.116. The Balaban J connectivity index is 2.23. The Bertz CT molecular complexity index is 535. The lowest BCUT2D eigenvalue weighted by Crippen LogP contribution is -2.22. The molecule has 0 aliphatic carbocycles. The second-order valence-corrected chi connectivity index (χ2v) is 3.82. The molecule has 3 heteroatoms. The summed E-state index contributed by atoms with van der Waals surface area (Å²) in [6.07, 6.45) is 1.67. The first-order valence-corrected chi connectivity index (χ1v) is 5.72. The SMILES string of the molecule is CC(=O)N(N=Cc1ccccc1)c1ccccc1. The van der Waals surface area contributed by atoms with Gasteiger partial charge in [-0.05, 0) is 17.7 Å². The highest BCUT2D eigenvalue weighted by Gasteiger charge is 2.08. The van der Waals surface area contributed by atoms with Crippen molar-refractivity contribution in [2.24, 2.45) is 5.10 Å². The maximum absolute atomic E-state index is 11.6. The smallest absolute Gasteiger partial charge is 0.244 e. The highest BCUT2D eigenvalue weighted by Crippen LogP contribution is 2.13. The van der Waals surface area contributed by atoms with Gasteiger partial charge in [-0.2, -0.15) is 5.10 Å². The van der Waals surface area contributed by atoms with Crippen molar-refractivity contribution in [3.05, 3.63) is 66.2 Å². The molecular formula is C15H14N2O. The summed E-state index contributed by atoms with van der Waals surface area (Å²) in [7, 11) is 0. The molecule has 0 saturated carbocycles. The molecule has 0 aliphatic heterocycles. The van der Waals surface area contributed by atoms with Crippen LogP contribution in [0.15, 0.2) is 65.8 Å². The van der Waals surface area contributed by atoms with Gasteiger partial charge in [-0.3, -0.25) is 4.79 Å². The summed E-state index contributed by atoms with van der Waals surface area (Å²) in [6, 6.07) is 19.0. The molecule has 2 aromatic rings. The second kappa shape index (κ2) is 5.77. The Morgan fingerprint density at radius 3 is 2.11 bits per heavy atom. The summed E-state index contributed by atoms with van der Waals surface area (Å²) in [5.74, 6) is -0.117. The van der Waals surface area contributed by atoms with E-state index in [1.807, 2.05) is 60.7 Å². The van der Waals surface area contributed by atoms with E-state index in [4.69, 9.17) is 0 Å². The molecule has 0 saturated heterocycles. The van der Waals surface area contributed by atoms with Gasteiger partial charge in [-0.1, -0.05) is 48.5 Å². The maximum Gasteiger partial charge on any atom is 0.244 e. The van der Waals surface area contributed by atoms with E-state index in [1.165, 1.54) is 11.9 Å². The van der Waals surface area contributed by atoms with Crippen molar-refractivity contribution in [2.45, 2.75) is 6.92 Å². The number of hydrogen-bond donors (Lipinski definition) is 0. The zero-order valence-electron chi connectivity index (χ0n) is 10.2. The van der Waals surface area contributed by atoms with Crippen LogP contribution in [0.1, 0.15) is 12.5 Å². The fraction of sp³-hybridized carbons (Fsp3) is 0.0667. The van der Waals surface area contributed by atoms with E-state index in [0.717, 1.165) is 11.3 Å². The molecular weight excluding hydrogens is 224 g/mol. The molecule has 90 valence electrons. The monoisotopic (exact) mass is 238 g/mol. The van der Waals surface area contributed by atoms with Crippen LogP contribution in [0.25, 0.3) is 0 Å². The zero-order chi connectivity index (χ0) is 12.8. The van der Waals surface area contributed by atoms with Crippen LogP contribution in [0.2, 0.25) is 0 Å². The van der Waals surface area contributed by atoms with Crippen molar-refractivity contribution >= 4 is 17.8 Å². The van der Waals surface area contributed by atoms with Crippen LogP contribution in [-0.4, -0.2) is 12.1 Å². The van der Waals surface area contributed by atoms with E-state index in [1.54, 1.807) is 6.21 Å². The van der Waals surface area contributed by atoms with Crippen LogP contribution in [0.4, 0.5) is 5.69 Å². The number of carbonyl (C=O) groups excluding carboxylic acids is 1. The number of anilines is 1. The third kappa shape index (κ3) is 3.04. The van der Waals surface area contributed by atoms with Gasteiger partial charge in [0.25, 0.3) is 0 Å². The number of rotatable bonds is 3. The van der Waals surface area contributed by atoms with Gasteiger partial charge >= 0.3 is 0 Å². The maximum atomic E-state index is 11.6. The van der Waals surface area contributed by atoms with Crippen molar-refractivity contribution < 1.29 is 4.79 Å². The van der Waals surface area contributed by atoms with Gasteiger partial charge in [0.1, 0.15) is 0 Å². The van der Waals surface area contributed by atoms with E-state index < -0.39 is 0 Å². The number of benzene rings is 2. The quantitative estimate of drug-likeness (QED) is 0.597. The van der Waals surface area contributed by atoms with Crippen molar-refractivity contribution in [2.75, 3.05) is 5.01 Å². The van der Waals surface area contributed by atoms with Gasteiger partial charge < -0.3 is 0 Å². The molecule has 2 aromatic carbocycles. The minimum atomic E-state index is -0.117. The fourth-order valence-electron chi connectivity index (χ4n) is 1.56. The van der Waals surface area contributed by atoms with Crippen LogP contribution in [0.3, 0.4) is 0 Å². The summed E-state index contributed by atoms with van der Waals surface area (Å²) in [6.45, 7) is 1.50. The Kier molecular flexibility index (Phi) is 3.86. The lowest BCUT2D eigenvalue weighted by atomic mass is 10.2. The van der Waals surface area contributed by atoms with Gasteiger partial charge in [0.2, 0.25) is 5.91 Å². The van der Waals surface area contributed by atoms with Gasteiger partial charge in [-0.25, -0.2) is 5.01 Å². The van der Waals surface area contributed by atoms with Crippen LogP contribution < -0.4 is 5.01 Å². The van der Waals surface area contributed by atoms with Crippen molar-refractivity contribution in [1.29, 1.82) is 0 Å². The van der Waals surface area contributed by atoms with Gasteiger partial charge in [0, 0.05) is 6.92 Å². The van der Waals surface area contributed by atoms with Gasteiger partial charge in [0.05, 0.1) is 11.9 Å². The molecule has 3 nitrogen and oxygen atoms in total. The standard InChI is InChI=1S/C15H14N2O/c1-13(18)17(15-10-6-3-7-11-15)16-12-14-8-4-2-5-9-14/h2-12H,1H3. The van der Waals surface area contributed by atoms with Crippen molar-refractivity contribution in [3.8, 4) is 0 Å². The third-order valence-electron chi connectivity index (χ3n) is 2.42. The summed E-state index contributed by atoms with van der Waals surface area (Å²) in [5, 5.41) is 5.60. The first-order valence-electron chi connectivity index (χ1n) is 5.72. The summed E-state index contributed by atoms with van der Waals surface area (Å²) >= 11 is 0. The molecule has 0 aromatic heterocycles. The Morgan fingerprint density at radius 1 is 1.00 bits per heavy atom. The molecule has 0 aliphatic rings. The molecule has 2 rings (SSSR count). The molecule has 0 unspecified atom stereocenters. The van der Waals surface area contributed by atoms with Gasteiger partial charge in [-0.15, -0.1) is 0 Å². The predicted molar refractivity (Wildman–Crippen MR) is 73.6 cm³/mol. The molecule has 0 N–H and O–H groups in total. The average Bonchev–Trinajstić information content (AvgIpc) is 2.41. The normalized spacial score (nSPS) is 10.5. The van der Waals surface area contributed by atoms with Crippen LogP contribution in [-0.2, 0) is 4.79 Å². The summed E-state index contributed by atoms with van der Waals surface area (Å²) < 4.78 is 0. The van der Waals surface area contributed by atoms with Crippen LogP contribution in [0.5, 0.6) is 0 Å². The highest BCUT2D eigenvalue weighted by atomic mass is 16.2. The van der Waals surface area contributed by atoms with E-state index in [2.05, 4.69) is 5.10 Å². The van der Waals surface area contributed by atoms with Gasteiger partial charge in [0.15, 0.2) is 0 Å². The minimum absolute atomic E-state index is 0.117. The zero-order valence-corrected chi connectivity index (χ0v) is 10.2. The summed E-state index contributed by atoms with van der Waals surface area (Å²) in [5.41, 5.74) is 1.72. The molecule has 0 radical (unpaired) electrons. The first-order chi connectivity index (χ1) is 8.77. The molecule has 1 amide bonds. The minimum Gasteiger partial charge on any atom is -0.273 e. The topological polar surface area (TPSA) is 32.7 Å². The second-order valence-electron chi connectivity index (χ2n) is 3.82. The first kappa shape index (κ1) is 12.0. The fourth-order valence-corrected chi connectivity index (χ4v) is 1.56. The van der Waals surface area contributed by atoms with Crippen molar-refractivity contribution in [3.63, 3.8) is 0 Å². The Hall–Kier alpha value is -2.42. The van der Waals surface area contributed by atoms with Crippen LogP contribution in [0, 0.1) is 0 Å². The Labute approximate surface area is 106 Å². The number of hydrazone groups is 1. The third-order valence-corrected chi connectivity index (χ3v) is 2.42. The number of carbonyl (C=O) groups is 1. The number of amides is 1. The van der Waals surface area contributed by atoms with E-state index in [9.17, 15) is 4.79 Å². The number of hydrogen-bond acceptors (Lipinski definition) is 2. The Morgan fingerprint density at radius 2 is 1.56 bits per heavy atom. The molecule has 0 fully saturated rings. The van der Waals surface area contributed by atoms with Crippen molar-refractivity contribution in [1.82, 2.24) is 0 Å². The molecule has 0 bridgehead atoms. The van der Waals surface area contributed by atoms with E-state index >= 15 is 0 Å². The molecule has 0 spiro atoms. The number of para-hydroxylation sites is 1. The highest BCUT2D eigenvalue weighted by molar-refractivity contribution is 5.93. The lowest BCUT2D eigenvalue weighted by Gasteiger charge is -2.14. The molecule has 0 heterocycles.